The fourth-order valence-corrected chi connectivity index (χ4v) is 3.93. The summed E-state index contributed by atoms with van der Waals surface area (Å²) in [6.45, 7) is 7.80. The molecular formula is C26H33F2N5O5. The van der Waals surface area contributed by atoms with E-state index in [0.717, 1.165) is 0 Å². The van der Waals surface area contributed by atoms with Crippen LogP contribution in [-0.4, -0.2) is 50.5 Å². The molecule has 0 saturated heterocycles. The number of carbonyl (C=O) groups excluding carboxylic acids is 2. The summed E-state index contributed by atoms with van der Waals surface area (Å²) in [6, 6.07) is 3.97. The minimum atomic E-state index is -3.18. The number of allylic oxidation sites excluding steroid dienone is 1. The number of anilines is 1. The van der Waals surface area contributed by atoms with E-state index in [1.165, 1.54) is 32.4 Å². The van der Waals surface area contributed by atoms with Crippen LogP contribution in [0.15, 0.2) is 39.5 Å². The van der Waals surface area contributed by atoms with Crippen LogP contribution >= 0.6 is 0 Å². The van der Waals surface area contributed by atoms with Gasteiger partial charge in [0, 0.05) is 28.6 Å². The molecule has 1 aliphatic rings. The molecule has 0 saturated carbocycles. The lowest BCUT2D eigenvalue weighted by Crippen LogP contribution is -2.36. The van der Waals surface area contributed by atoms with Crippen molar-refractivity contribution < 1.29 is 32.6 Å². The SMILES string of the molecule is COC(=O)C1=C(C)N=C(C)C(C(=O)OC)C1c1cc(NC(=NC(C)C(C)(C)C)NC#N)ccc1OC(F)F. The molecule has 10 nitrogen and oxygen atoms in total. The predicted molar refractivity (Wildman–Crippen MR) is 138 cm³/mol. The van der Waals surface area contributed by atoms with Gasteiger partial charge in [-0.1, -0.05) is 20.8 Å². The van der Waals surface area contributed by atoms with E-state index in [-0.39, 0.29) is 40.0 Å². The number of ether oxygens (including phenoxy) is 3. The number of hydrogen-bond acceptors (Lipinski definition) is 8. The summed E-state index contributed by atoms with van der Waals surface area (Å²) >= 11 is 0. The van der Waals surface area contributed by atoms with E-state index in [4.69, 9.17) is 14.2 Å². The molecular weight excluding hydrogens is 500 g/mol. The number of aliphatic imine (C=N–C) groups is 2. The van der Waals surface area contributed by atoms with Gasteiger partial charge in [-0.15, -0.1) is 0 Å². The number of esters is 2. The van der Waals surface area contributed by atoms with Crippen molar-refractivity contribution in [2.45, 2.75) is 60.1 Å². The van der Waals surface area contributed by atoms with Crippen LogP contribution in [-0.2, 0) is 19.1 Å². The summed E-state index contributed by atoms with van der Waals surface area (Å²) in [7, 11) is 2.34. The van der Waals surface area contributed by atoms with Gasteiger partial charge in [-0.25, -0.2) is 9.79 Å². The molecule has 1 aromatic rings. The van der Waals surface area contributed by atoms with Crippen molar-refractivity contribution in [2.75, 3.05) is 19.5 Å². The first kappa shape index (κ1) is 30.2. The highest BCUT2D eigenvalue weighted by atomic mass is 19.3. The number of halogens is 2. The molecule has 0 amide bonds. The Morgan fingerprint density at radius 1 is 1.18 bits per heavy atom. The van der Waals surface area contributed by atoms with Crippen LogP contribution in [0, 0.1) is 22.8 Å². The van der Waals surface area contributed by atoms with Crippen LogP contribution in [0.3, 0.4) is 0 Å². The molecule has 2 N–H and O–H groups in total. The second kappa shape index (κ2) is 12.5. The Kier molecular flexibility index (Phi) is 9.93. The van der Waals surface area contributed by atoms with Gasteiger partial charge in [0.15, 0.2) is 6.19 Å². The van der Waals surface area contributed by atoms with E-state index in [0.29, 0.717) is 11.4 Å². The van der Waals surface area contributed by atoms with Crippen molar-refractivity contribution >= 4 is 29.3 Å². The molecule has 2 rings (SSSR count). The smallest absolute Gasteiger partial charge is 0.387 e. The summed E-state index contributed by atoms with van der Waals surface area (Å²) in [5, 5.41) is 14.7. The normalized spacial score (nSPS) is 18.8. The van der Waals surface area contributed by atoms with Gasteiger partial charge >= 0.3 is 18.6 Å². The molecule has 1 aromatic carbocycles. The number of methoxy groups -OCH3 is 2. The summed E-state index contributed by atoms with van der Waals surface area (Å²) in [5.74, 6) is -3.90. The molecule has 0 spiro atoms. The minimum absolute atomic E-state index is 0.00448. The highest BCUT2D eigenvalue weighted by Crippen LogP contribution is 2.44. The quantitative estimate of drug-likeness (QED) is 0.174. The summed E-state index contributed by atoms with van der Waals surface area (Å²) in [4.78, 5) is 34.6. The van der Waals surface area contributed by atoms with Crippen LogP contribution in [0.1, 0.15) is 53.0 Å². The van der Waals surface area contributed by atoms with Crippen molar-refractivity contribution in [1.82, 2.24) is 5.32 Å². The van der Waals surface area contributed by atoms with Crippen LogP contribution in [0.4, 0.5) is 14.5 Å². The fourth-order valence-electron chi connectivity index (χ4n) is 3.93. The number of nitriles is 1. The van der Waals surface area contributed by atoms with Gasteiger partial charge in [0.05, 0.1) is 25.8 Å². The van der Waals surface area contributed by atoms with Gasteiger partial charge in [-0.3, -0.25) is 15.1 Å². The standard InChI is InChI=1S/C26H33F2N5O5/c1-13-19(22(34)36-7)21(20(14(2)31-13)23(35)37-8)17-11-16(9-10-18(17)38-24(27)28)33-25(30-12-29)32-15(3)26(4,5)6/h9-11,15,19,21,24H,1-8H3,(H2,30,32,33). The molecule has 0 bridgehead atoms. The third-order valence-corrected chi connectivity index (χ3v) is 6.26. The lowest BCUT2D eigenvalue weighted by Gasteiger charge is -2.32. The minimum Gasteiger partial charge on any atom is -0.468 e. The molecule has 206 valence electrons. The Hall–Kier alpha value is -4.01. The maximum absolute atomic E-state index is 13.4. The number of benzene rings is 1. The van der Waals surface area contributed by atoms with Crippen LogP contribution < -0.4 is 15.4 Å². The van der Waals surface area contributed by atoms with Crippen molar-refractivity contribution in [3.05, 3.63) is 35.0 Å². The second-order valence-electron chi connectivity index (χ2n) is 9.73. The number of carbonyl (C=O) groups is 2. The van der Waals surface area contributed by atoms with E-state index < -0.39 is 30.4 Å². The van der Waals surface area contributed by atoms with Crippen LogP contribution in [0.25, 0.3) is 0 Å². The molecule has 12 heteroatoms. The van der Waals surface area contributed by atoms with Crippen molar-refractivity contribution in [2.24, 2.45) is 21.3 Å². The lowest BCUT2D eigenvalue weighted by atomic mass is 9.75. The maximum atomic E-state index is 13.4. The summed E-state index contributed by atoms with van der Waals surface area (Å²) < 4.78 is 41.5. The van der Waals surface area contributed by atoms with Crippen LogP contribution in [0.2, 0.25) is 0 Å². The van der Waals surface area contributed by atoms with Gasteiger partial charge in [0.1, 0.15) is 11.7 Å². The first-order valence-electron chi connectivity index (χ1n) is 11.8. The Labute approximate surface area is 220 Å². The van der Waals surface area contributed by atoms with Gasteiger partial charge in [-0.05, 0) is 44.4 Å². The predicted octanol–water partition coefficient (Wildman–Crippen LogP) is 4.36. The Balaban J connectivity index is 2.77. The van der Waals surface area contributed by atoms with Gasteiger partial charge < -0.3 is 19.5 Å². The molecule has 0 aromatic heterocycles. The first-order valence-corrected chi connectivity index (χ1v) is 11.8. The number of nitrogens with zero attached hydrogens (tertiary/aromatic N) is 3. The number of nitrogens with one attached hydrogen (secondary N) is 2. The van der Waals surface area contributed by atoms with E-state index >= 15 is 0 Å². The Morgan fingerprint density at radius 3 is 2.37 bits per heavy atom. The fraction of sp³-hybridized carbons (Fsp3) is 0.500. The molecule has 38 heavy (non-hydrogen) atoms. The number of guanidine groups is 1. The Bertz CT molecular complexity index is 1200. The summed E-state index contributed by atoms with van der Waals surface area (Å²) in [6.07, 6.45) is 1.82. The molecule has 3 unspecified atom stereocenters. The average molecular weight is 534 g/mol. The van der Waals surface area contributed by atoms with E-state index in [1.807, 2.05) is 33.9 Å². The topological polar surface area (TPSA) is 134 Å². The Morgan fingerprint density at radius 2 is 1.84 bits per heavy atom. The van der Waals surface area contributed by atoms with E-state index in [1.54, 1.807) is 13.8 Å². The maximum Gasteiger partial charge on any atom is 0.387 e. The number of hydrogen-bond donors (Lipinski definition) is 2. The first-order chi connectivity index (χ1) is 17.7. The third kappa shape index (κ3) is 7.06. The van der Waals surface area contributed by atoms with E-state index in [2.05, 4.69) is 20.6 Å². The molecule has 0 aliphatic carbocycles. The van der Waals surface area contributed by atoms with Gasteiger partial charge in [-0.2, -0.15) is 14.0 Å². The highest BCUT2D eigenvalue weighted by Gasteiger charge is 2.43. The zero-order valence-electron chi connectivity index (χ0n) is 22.7. The van der Waals surface area contributed by atoms with Gasteiger partial charge in [0.2, 0.25) is 5.96 Å². The van der Waals surface area contributed by atoms with Crippen molar-refractivity contribution in [3.63, 3.8) is 0 Å². The molecule has 1 aliphatic heterocycles. The lowest BCUT2D eigenvalue weighted by molar-refractivity contribution is -0.143. The molecule has 0 radical (unpaired) electrons. The third-order valence-electron chi connectivity index (χ3n) is 6.26. The monoisotopic (exact) mass is 533 g/mol. The summed E-state index contributed by atoms with van der Waals surface area (Å²) in [5.41, 5.74) is 0.771. The number of alkyl halides is 2. The van der Waals surface area contributed by atoms with Crippen LogP contribution in [0.5, 0.6) is 5.75 Å². The van der Waals surface area contributed by atoms with E-state index in [9.17, 15) is 23.6 Å². The highest BCUT2D eigenvalue weighted by molar-refractivity contribution is 6.07. The van der Waals surface area contributed by atoms with Gasteiger partial charge in [0.25, 0.3) is 0 Å². The second-order valence-corrected chi connectivity index (χ2v) is 9.73. The molecule has 1 heterocycles. The zero-order valence-corrected chi connectivity index (χ0v) is 22.7. The average Bonchev–Trinajstić information content (AvgIpc) is 2.82. The van der Waals surface area contributed by atoms with Crippen molar-refractivity contribution in [3.8, 4) is 11.9 Å². The van der Waals surface area contributed by atoms with Crippen molar-refractivity contribution in [1.29, 1.82) is 5.26 Å². The zero-order chi connectivity index (χ0) is 28.8. The largest absolute Gasteiger partial charge is 0.468 e. The number of rotatable bonds is 7. The molecule has 0 fully saturated rings. The molecule has 3 atom stereocenters.